The number of aromatic nitrogens is 2. The molecule has 34 heavy (non-hydrogen) atoms. The largest absolute Gasteiger partial charge is 0.497 e. The summed E-state index contributed by atoms with van der Waals surface area (Å²) in [5.74, 6) is 0.367. The van der Waals surface area contributed by atoms with E-state index in [-0.39, 0.29) is 29.6 Å². The monoisotopic (exact) mass is 494 g/mol. The zero-order valence-corrected chi connectivity index (χ0v) is 20.8. The molecule has 11 heteroatoms. The molecule has 2 amide bonds. The molecule has 10 nitrogen and oxygen atoms in total. The Morgan fingerprint density at radius 1 is 1.35 bits per heavy atom. The minimum atomic E-state index is -3.77. The standard InChI is InChI=1S/C23H34N4O6S/c1-4-24-22(28)26(16-21-9-6-11-33-21)15-19-14-25-23(27(19)10-12-31-2)34(29,30)17-18-7-5-8-20(13-18)32-3/h5,7-8,13-14,21H,4,6,9-12,15-17H2,1-3H3,(H,24,28)/t21-/m1/s1. The lowest BCUT2D eigenvalue weighted by Gasteiger charge is -2.26. The quantitative estimate of drug-likeness (QED) is 0.481. The molecule has 1 aromatic carbocycles. The maximum Gasteiger partial charge on any atom is 0.317 e. The fraction of sp³-hybridized carbons (Fsp3) is 0.565. The maximum atomic E-state index is 13.3. The summed E-state index contributed by atoms with van der Waals surface area (Å²) in [6, 6.07) is 6.72. The van der Waals surface area contributed by atoms with Gasteiger partial charge in [-0.1, -0.05) is 12.1 Å². The number of methoxy groups -OCH3 is 2. The third-order valence-corrected chi connectivity index (χ3v) is 7.20. The summed E-state index contributed by atoms with van der Waals surface area (Å²) in [5, 5.41) is 2.78. The van der Waals surface area contributed by atoms with E-state index in [0.29, 0.717) is 49.9 Å². The smallest absolute Gasteiger partial charge is 0.317 e. The van der Waals surface area contributed by atoms with Crippen molar-refractivity contribution in [3.8, 4) is 5.75 Å². The molecule has 1 saturated heterocycles. The number of hydrogen-bond donors (Lipinski definition) is 1. The minimum absolute atomic E-state index is 0.0331. The summed E-state index contributed by atoms with van der Waals surface area (Å²) in [6.07, 6.45) is 3.34. The van der Waals surface area contributed by atoms with Crippen LogP contribution in [0.2, 0.25) is 0 Å². The van der Waals surface area contributed by atoms with Gasteiger partial charge in [-0.05, 0) is 37.5 Å². The number of amides is 2. The van der Waals surface area contributed by atoms with Gasteiger partial charge >= 0.3 is 6.03 Å². The molecule has 3 rings (SSSR count). The van der Waals surface area contributed by atoms with Crippen LogP contribution in [0.5, 0.6) is 5.75 Å². The zero-order chi connectivity index (χ0) is 24.6. The summed E-state index contributed by atoms with van der Waals surface area (Å²) in [4.78, 5) is 18.7. The molecule has 1 fully saturated rings. The number of benzene rings is 1. The van der Waals surface area contributed by atoms with E-state index in [1.165, 1.54) is 13.3 Å². The van der Waals surface area contributed by atoms with Gasteiger partial charge < -0.3 is 29.0 Å². The topological polar surface area (TPSA) is 112 Å². The molecule has 1 atom stereocenters. The van der Waals surface area contributed by atoms with Crippen LogP contribution in [-0.4, -0.2) is 75.5 Å². The van der Waals surface area contributed by atoms with Crippen LogP contribution < -0.4 is 10.1 Å². The van der Waals surface area contributed by atoms with Crippen LogP contribution in [-0.2, 0) is 38.2 Å². The molecular formula is C23H34N4O6S. The second kappa shape index (κ2) is 12.2. The molecule has 2 heterocycles. The highest BCUT2D eigenvalue weighted by molar-refractivity contribution is 7.90. The first-order valence-corrected chi connectivity index (χ1v) is 13.1. The maximum absolute atomic E-state index is 13.3. The number of nitrogens with one attached hydrogen (secondary N) is 1. The first-order valence-electron chi connectivity index (χ1n) is 11.4. The number of sulfone groups is 1. The van der Waals surface area contributed by atoms with E-state index < -0.39 is 9.84 Å². The minimum Gasteiger partial charge on any atom is -0.497 e. The molecule has 2 aromatic rings. The number of rotatable bonds is 12. The van der Waals surface area contributed by atoms with E-state index >= 15 is 0 Å². The number of nitrogens with zero attached hydrogens (tertiary/aromatic N) is 3. The summed E-state index contributed by atoms with van der Waals surface area (Å²) < 4.78 is 44.4. The molecule has 0 saturated carbocycles. The van der Waals surface area contributed by atoms with E-state index in [0.717, 1.165) is 12.8 Å². The van der Waals surface area contributed by atoms with Crippen LogP contribution >= 0.6 is 0 Å². The predicted molar refractivity (Wildman–Crippen MR) is 126 cm³/mol. The third kappa shape index (κ3) is 6.71. The fourth-order valence-electron chi connectivity index (χ4n) is 3.95. The Labute approximate surface area is 201 Å². The summed E-state index contributed by atoms with van der Waals surface area (Å²) >= 11 is 0. The SMILES string of the molecule is CCNC(=O)N(Cc1cnc(S(=O)(=O)Cc2cccc(OC)c2)n1CCOC)C[C@H]1CCCO1. The van der Waals surface area contributed by atoms with Crippen molar-refractivity contribution in [2.24, 2.45) is 0 Å². The number of imidazole rings is 1. The Morgan fingerprint density at radius 2 is 2.18 bits per heavy atom. The molecule has 1 N–H and O–H groups in total. The van der Waals surface area contributed by atoms with Crippen LogP contribution in [0.1, 0.15) is 31.0 Å². The van der Waals surface area contributed by atoms with Crippen molar-refractivity contribution >= 4 is 15.9 Å². The molecule has 1 aromatic heterocycles. The van der Waals surface area contributed by atoms with Crippen LogP contribution in [0.3, 0.4) is 0 Å². The van der Waals surface area contributed by atoms with E-state index in [2.05, 4.69) is 10.3 Å². The lowest BCUT2D eigenvalue weighted by Crippen LogP contribution is -2.43. The Kier molecular flexibility index (Phi) is 9.31. The summed E-state index contributed by atoms with van der Waals surface area (Å²) in [5.41, 5.74) is 1.22. The van der Waals surface area contributed by atoms with Crippen molar-refractivity contribution in [2.75, 3.05) is 40.5 Å². The van der Waals surface area contributed by atoms with Gasteiger partial charge in [-0.3, -0.25) is 0 Å². The van der Waals surface area contributed by atoms with Gasteiger partial charge in [0.2, 0.25) is 15.0 Å². The van der Waals surface area contributed by atoms with Crippen molar-refractivity contribution in [1.82, 2.24) is 19.8 Å². The highest BCUT2D eigenvalue weighted by atomic mass is 32.2. The Balaban J connectivity index is 1.88. The van der Waals surface area contributed by atoms with Crippen molar-refractivity contribution in [3.05, 3.63) is 41.7 Å². The van der Waals surface area contributed by atoms with Crippen molar-refractivity contribution in [2.45, 2.75) is 49.9 Å². The molecule has 188 valence electrons. The summed E-state index contributed by atoms with van der Waals surface area (Å²) in [6.45, 7) is 4.26. The lowest BCUT2D eigenvalue weighted by atomic mass is 10.2. The molecule has 0 bridgehead atoms. The van der Waals surface area contributed by atoms with Crippen LogP contribution in [0.4, 0.5) is 4.79 Å². The normalized spacial score (nSPS) is 15.9. The Hall–Kier alpha value is -2.63. The number of carbonyl (C=O) groups excluding carboxylic acids is 1. The molecule has 1 aliphatic rings. The average Bonchev–Trinajstić information content (AvgIpc) is 3.47. The Bertz CT molecular complexity index is 1050. The van der Waals surface area contributed by atoms with Gasteiger partial charge in [0.15, 0.2) is 0 Å². The van der Waals surface area contributed by atoms with Gasteiger partial charge in [-0.25, -0.2) is 18.2 Å². The number of ether oxygens (including phenoxy) is 3. The third-order valence-electron chi connectivity index (χ3n) is 5.61. The van der Waals surface area contributed by atoms with Gasteiger partial charge in [-0.2, -0.15) is 0 Å². The Morgan fingerprint density at radius 3 is 2.85 bits per heavy atom. The van der Waals surface area contributed by atoms with E-state index in [1.54, 1.807) is 40.8 Å². The second-order valence-electron chi connectivity index (χ2n) is 8.14. The number of carbonyl (C=O) groups is 1. The summed E-state index contributed by atoms with van der Waals surface area (Å²) in [7, 11) is -0.679. The molecule has 1 aliphatic heterocycles. The van der Waals surface area contributed by atoms with Crippen LogP contribution in [0, 0.1) is 0 Å². The first kappa shape index (κ1) is 26.0. The molecular weight excluding hydrogens is 460 g/mol. The van der Waals surface area contributed by atoms with Crippen LogP contribution in [0.25, 0.3) is 0 Å². The fourth-order valence-corrected chi connectivity index (χ4v) is 5.45. The van der Waals surface area contributed by atoms with Gasteiger partial charge in [0, 0.05) is 33.4 Å². The lowest BCUT2D eigenvalue weighted by molar-refractivity contribution is 0.0787. The van der Waals surface area contributed by atoms with E-state index in [1.807, 2.05) is 6.92 Å². The molecule has 0 aliphatic carbocycles. The zero-order valence-electron chi connectivity index (χ0n) is 20.0. The van der Waals surface area contributed by atoms with Gasteiger partial charge in [0.05, 0.1) is 44.0 Å². The molecule has 0 spiro atoms. The average molecular weight is 495 g/mol. The van der Waals surface area contributed by atoms with E-state index in [4.69, 9.17) is 14.2 Å². The van der Waals surface area contributed by atoms with Crippen molar-refractivity contribution < 1.29 is 27.4 Å². The number of hydrogen-bond acceptors (Lipinski definition) is 7. The van der Waals surface area contributed by atoms with Gasteiger partial charge in [0.25, 0.3) is 0 Å². The molecule has 0 radical (unpaired) electrons. The van der Waals surface area contributed by atoms with Crippen molar-refractivity contribution in [1.29, 1.82) is 0 Å². The first-order chi connectivity index (χ1) is 16.4. The van der Waals surface area contributed by atoms with Gasteiger partial charge in [0.1, 0.15) is 5.75 Å². The van der Waals surface area contributed by atoms with Crippen LogP contribution in [0.15, 0.2) is 35.6 Å². The molecule has 0 unspecified atom stereocenters. The van der Waals surface area contributed by atoms with E-state index in [9.17, 15) is 13.2 Å². The second-order valence-corrected chi connectivity index (χ2v) is 10.0. The highest BCUT2D eigenvalue weighted by Gasteiger charge is 2.27. The van der Waals surface area contributed by atoms with Gasteiger partial charge in [-0.15, -0.1) is 0 Å². The highest BCUT2D eigenvalue weighted by Crippen LogP contribution is 2.22. The van der Waals surface area contributed by atoms with Crippen molar-refractivity contribution in [3.63, 3.8) is 0 Å². The number of urea groups is 1. The predicted octanol–water partition coefficient (Wildman–Crippen LogP) is 2.22.